The van der Waals surface area contributed by atoms with E-state index in [-0.39, 0.29) is 24.2 Å². The molecule has 1 aliphatic rings. The van der Waals surface area contributed by atoms with E-state index in [0.29, 0.717) is 18.9 Å². The molecule has 6 heteroatoms. The van der Waals surface area contributed by atoms with Crippen LogP contribution in [-0.2, 0) is 11.3 Å². The Labute approximate surface area is 112 Å². The first-order valence-electron chi connectivity index (χ1n) is 6.62. The second kappa shape index (κ2) is 6.68. The van der Waals surface area contributed by atoms with Crippen LogP contribution in [0.3, 0.4) is 0 Å². The van der Waals surface area contributed by atoms with Gasteiger partial charge in [0.15, 0.2) is 11.5 Å². The molecule has 0 bridgehead atoms. The van der Waals surface area contributed by atoms with Crippen molar-refractivity contribution >= 4 is 5.91 Å². The number of hydrogen-bond acceptors (Lipinski definition) is 5. The number of rotatable bonds is 4. The molecule has 1 aliphatic heterocycles. The van der Waals surface area contributed by atoms with Crippen LogP contribution in [0, 0.1) is 0 Å². The summed E-state index contributed by atoms with van der Waals surface area (Å²) in [5.74, 6) is 0.355. The standard InChI is InChI=1S/C13H20N2O4/c1-18-9-11-7-12(14-19-11)13(17)15-6-4-2-3-5-10(15)8-16/h7,10,16H,2-6,8-9H2,1H3. The molecule has 0 spiro atoms. The lowest BCUT2D eigenvalue weighted by atomic mass is 10.1. The number of amides is 1. The van der Waals surface area contributed by atoms with E-state index < -0.39 is 0 Å². The molecule has 1 saturated heterocycles. The highest BCUT2D eigenvalue weighted by Crippen LogP contribution is 2.19. The lowest BCUT2D eigenvalue weighted by Crippen LogP contribution is -2.42. The van der Waals surface area contributed by atoms with Gasteiger partial charge in [0.05, 0.1) is 12.6 Å². The van der Waals surface area contributed by atoms with Crippen molar-refractivity contribution in [2.24, 2.45) is 0 Å². The number of aromatic nitrogens is 1. The molecule has 1 fully saturated rings. The maximum Gasteiger partial charge on any atom is 0.276 e. The fourth-order valence-electron chi connectivity index (χ4n) is 2.41. The first-order chi connectivity index (χ1) is 9.26. The molecule has 1 unspecified atom stereocenters. The molecule has 1 N–H and O–H groups in total. The number of carbonyl (C=O) groups is 1. The van der Waals surface area contributed by atoms with Crippen LogP contribution >= 0.6 is 0 Å². The Morgan fingerprint density at radius 1 is 1.58 bits per heavy atom. The van der Waals surface area contributed by atoms with E-state index in [0.717, 1.165) is 25.7 Å². The zero-order valence-electron chi connectivity index (χ0n) is 11.2. The largest absolute Gasteiger partial charge is 0.394 e. The van der Waals surface area contributed by atoms with E-state index in [1.807, 2.05) is 0 Å². The molecule has 1 aromatic rings. The summed E-state index contributed by atoms with van der Waals surface area (Å²) in [7, 11) is 1.56. The van der Waals surface area contributed by atoms with Gasteiger partial charge in [0, 0.05) is 19.7 Å². The molecule has 1 amide bonds. The highest BCUT2D eigenvalue weighted by atomic mass is 16.5. The van der Waals surface area contributed by atoms with Crippen LogP contribution in [0.15, 0.2) is 10.6 Å². The molecule has 1 atom stereocenters. The van der Waals surface area contributed by atoms with Crippen LogP contribution in [0.1, 0.15) is 41.9 Å². The van der Waals surface area contributed by atoms with Gasteiger partial charge in [0.1, 0.15) is 6.61 Å². The number of aliphatic hydroxyl groups is 1. The fraction of sp³-hybridized carbons (Fsp3) is 0.692. The molecule has 0 aliphatic carbocycles. The zero-order chi connectivity index (χ0) is 13.7. The van der Waals surface area contributed by atoms with Gasteiger partial charge in [-0.25, -0.2) is 0 Å². The summed E-state index contributed by atoms with van der Waals surface area (Å²) in [6.45, 7) is 0.953. The summed E-state index contributed by atoms with van der Waals surface area (Å²) in [5.41, 5.74) is 0.285. The van der Waals surface area contributed by atoms with Crippen LogP contribution < -0.4 is 0 Å². The Bertz CT molecular complexity index is 419. The average Bonchev–Trinajstić information content (AvgIpc) is 2.75. The number of aliphatic hydroxyl groups excluding tert-OH is 1. The molecule has 0 saturated carbocycles. The van der Waals surface area contributed by atoms with E-state index in [2.05, 4.69) is 5.16 Å². The Morgan fingerprint density at radius 2 is 2.42 bits per heavy atom. The molecule has 0 radical (unpaired) electrons. The predicted octanol–water partition coefficient (Wildman–Crippen LogP) is 1.20. The Balaban J connectivity index is 2.10. The summed E-state index contributed by atoms with van der Waals surface area (Å²) in [6, 6.07) is 1.49. The number of hydrogen-bond donors (Lipinski definition) is 1. The third kappa shape index (κ3) is 3.33. The molecule has 1 aromatic heterocycles. The summed E-state index contributed by atoms with van der Waals surface area (Å²) in [6.07, 6.45) is 3.94. The summed E-state index contributed by atoms with van der Waals surface area (Å²) >= 11 is 0. The first kappa shape index (κ1) is 14.0. The molecule has 0 aromatic carbocycles. The summed E-state index contributed by atoms with van der Waals surface area (Å²) < 4.78 is 9.96. The second-order valence-electron chi connectivity index (χ2n) is 4.80. The van der Waals surface area contributed by atoms with Crippen molar-refractivity contribution in [3.05, 3.63) is 17.5 Å². The van der Waals surface area contributed by atoms with Gasteiger partial charge in [-0.1, -0.05) is 18.0 Å². The van der Waals surface area contributed by atoms with E-state index in [1.165, 1.54) is 0 Å². The average molecular weight is 268 g/mol. The number of methoxy groups -OCH3 is 1. The predicted molar refractivity (Wildman–Crippen MR) is 67.6 cm³/mol. The van der Waals surface area contributed by atoms with Gasteiger partial charge in [0.2, 0.25) is 0 Å². The monoisotopic (exact) mass is 268 g/mol. The number of likely N-dealkylation sites (tertiary alicyclic amines) is 1. The van der Waals surface area contributed by atoms with Crippen molar-refractivity contribution in [3.8, 4) is 0 Å². The van der Waals surface area contributed by atoms with E-state index in [4.69, 9.17) is 9.26 Å². The van der Waals surface area contributed by atoms with Gasteiger partial charge in [-0.2, -0.15) is 0 Å². The topological polar surface area (TPSA) is 75.8 Å². The molecular weight excluding hydrogens is 248 g/mol. The molecular formula is C13H20N2O4. The van der Waals surface area contributed by atoms with Crippen LogP contribution in [0.25, 0.3) is 0 Å². The van der Waals surface area contributed by atoms with E-state index in [1.54, 1.807) is 18.1 Å². The van der Waals surface area contributed by atoms with Crippen LogP contribution in [-0.4, -0.2) is 47.4 Å². The Kier molecular flexibility index (Phi) is 4.93. The lowest BCUT2D eigenvalue weighted by molar-refractivity contribution is 0.0589. The molecule has 19 heavy (non-hydrogen) atoms. The van der Waals surface area contributed by atoms with Crippen LogP contribution in [0.5, 0.6) is 0 Å². The van der Waals surface area contributed by atoms with E-state index >= 15 is 0 Å². The lowest BCUT2D eigenvalue weighted by Gasteiger charge is -2.27. The van der Waals surface area contributed by atoms with Crippen molar-refractivity contribution in [2.75, 3.05) is 20.3 Å². The smallest absolute Gasteiger partial charge is 0.276 e. The number of carbonyl (C=O) groups excluding carboxylic acids is 1. The second-order valence-corrected chi connectivity index (χ2v) is 4.80. The normalized spacial score (nSPS) is 20.3. The molecule has 6 nitrogen and oxygen atoms in total. The van der Waals surface area contributed by atoms with Gasteiger partial charge in [-0.3, -0.25) is 4.79 Å². The summed E-state index contributed by atoms with van der Waals surface area (Å²) in [5, 5.41) is 13.2. The number of ether oxygens (including phenoxy) is 1. The SMILES string of the molecule is COCc1cc(C(=O)N2CCCCCC2CO)no1. The van der Waals surface area contributed by atoms with E-state index in [9.17, 15) is 9.90 Å². The third-order valence-corrected chi connectivity index (χ3v) is 3.41. The summed E-state index contributed by atoms with van der Waals surface area (Å²) in [4.78, 5) is 14.1. The van der Waals surface area contributed by atoms with Crippen molar-refractivity contribution in [1.29, 1.82) is 0 Å². The highest BCUT2D eigenvalue weighted by Gasteiger charge is 2.27. The van der Waals surface area contributed by atoms with Gasteiger partial charge >= 0.3 is 0 Å². The van der Waals surface area contributed by atoms with Gasteiger partial charge in [-0.05, 0) is 12.8 Å². The first-order valence-corrected chi connectivity index (χ1v) is 6.62. The maximum atomic E-state index is 12.4. The minimum Gasteiger partial charge on any atom is -0.394 e. The fourth-order valence-corrected chi connectivity index (χ4v) is 2.41. The third-order valence-electron chi connectivity index (χ3n) is 3.41. The van der Waals surface area contributed by atoms with Crippen molar-refractivity contribution in [2.45, 2.75) is 38.3 Å². The molecule has 2 heterocycles. The highest BCUT2D eigenvalue weighted by molar-refractivity contribution is 5.92. The van der Waals surface area contributed by atoms with Crippen molar-refractivity contribution in [1.82, 2.24) is 10.1 Å². The van der Waals surface area contributed by atoms with Gasteiger partial charge in [0.25, 0.3) is 5.91 Å². The van der Waals surface area contributed by atoms with Crippen molar-refractivity contribution < 1.29 is 19.2 Å². The number of nitrogens with zero attached hydrogens (tertiary/aromatic N) is 2. The maximum absolute atomic E-state index is 12.4. The minimum atomic E-state index is -0.174. The quantitative estimate of drug-likeness (QED) is 0.888. The Morgan fingerprint density at radius 3 is 3.16 bits per heavy atom. The van der Waals surface area contributed by atoms with Gasteiger partial charge in [-0.15, -0.1) is 0 Å². The molecule has 2 rings (SSSR count). The minimum absolute atomic E-state index is 0.00544. The molecule has 106 valence electrons. The Hall–Kier alpha value is -1.40. The van der Waals surface area contributed by atoms with Crippen molar-refractivity contribution in [3.63, 3.8) is 0 Å². The van der Waals surface area contributed by atoms with Gasteiger partial charge < -0.3 is 19.3 Å². The van der Waals surface area contributed by atoms with Crippen LogP contribution in [0.4, 0.5) is 0 Å². The van der Waals surface area contributed by atoms with Crippen LogP contribution in [0.2, 0.25) is 0 Å². The zero-order valence-corrected chi connectivity index (χ0v) is 11.2.